The first kappa shape index (κ1) is 16.8. The van der Waals surface area contributed by atoms with Crippen LogP contribution in [0.1, 0.15) is 19.4 Å². The van der Waals surface area contributed by atoms with E-state index >= 15 is 0 Å². The van der Waals surface area contributed by atoms with Crippen molar-refractivity contribution in [2.24, 2.45) is 4.99 Å². The zero-order valence-corrected chi connectivity index (χ0v) is 13.3. The molecule has 108 valence electrons. The van der Waals surface area contributed by atoms with Crippen LogP contribution in [-0.2, 0) is 9.05 Å². The molecule has 0 aliphatic heterocycles. The van der Waals surface area contributed by atoms with Gasteiger partial charge in [-0.2, -0.15) is 0 Å². The lowest BCUT2D eigenvalue weighted by molar-refractivity contribution is 0.277. The summed E-state index contributed by atoms with van der Waals surface area (Å²) in [6, 6.07) is 8.16. The summed E-state index contributed by atoms with van der Waals surface area (Å²) in [5.74, 6) is 0. The second kappa shape index (κ2) is 9.60. The third-order valence-electron chi connectivity index (χ3n) is 2.50. The molecule has 3 nitrogen and oxygen atoms in total. The molecule has 0 aliphatic rings. The van der Waals surface area contributed by atoms with Gasteiger partial charge in [-0.1, -0.05) is 30.9 Å². The van der Waals surface area contributed by atoms with Gasteiger partial charge in [0.2, 0.25) is 8.38 Å². The van der Waals surface area contributed by atoms with Crippen LogP contribution in [-0.4, -0.2) is 26.0 Å². The zero-order valence-electron chi connectivity index (χ0n) is 12.4. The Kier molecular flexibility index (Phi) is 8.05. The minimum absolute atomic E-state index is 0.650. The molecule has 1 aromatic rings. The van der Waals surface area contributed by atoms with Gasteiger partial charge in [-0.25, -0.2) is 0 Å². The molecule has 0 atom stereocenters. The van der Waals surface area contributed by atoms with Gasteiger partial charge in [0.25, 0.3) is 0 Å². The fourth-order valence-corrected chi connectivity index (χ4v) is 2.87. The Morgan fingerprint density at radius 3 is 2.25 bits per heavy atom. The minimum Gasteiger partial charge on any atom is -0.331 e. The van der Waals surface area contributed by atoms with Crippen molar-refractivity contribution in [2.75, 3.05) is 20.3 Å². The zero-order chi connectivity index (χ0) is 14.8. The molecule has 0 aromatic heterocycles. The summed E-state index contributed by atoms with van der Waals surface area (Å²) in [6.07, 6.45) is 5.56. The summed E-state index contributed by atoms with van der Waals surface area (Å²) in [6.45, 7) is 8.92. The average Bonchev–Trinajstić information content (AvgIpc) is 2.48. The molecular weight excluding hydrogens is 269 g/mol. The SMILES string of the molecule is C=C/C=C\C(=N/C)c1ccc(P(OCC)OCC)cc1. The number of hydrogen-bond acceptors (Lipinski definition) is 3. The molecule has 0 spiro atoms. The predicted octanol–water partition coefficient (Wildman–Crippen LogP) is 3.86. The molecule has 0 bridgehead atoms. The van der Waals surface area contributed by atoms with Crippen molar-refractivity contribution in [3.63, 3.8) is 0 Å². The van der Waals surface area contributed by atoms with Crippen molar-refractivity contribution in [3.05, 3.63) is 54.6 Å². The van der Waals surface area contributed by atoms with Crippen LogP contribution in [0.5, 0.6) is 0 Å². The Balaban J connectivity index is 2.91. The number of nitrogens with zero attached hydrogens (tertiary/aromatic N) is 1. The molecule has 1 aromatic carbocycles. The highest BCUT2D eigenvalue weighted by molar-refractivity contribution is 7.56. The number of benzene rings is 1. The minimum atomic E-state index is -0.977. The summed E-state index contributed by atoms with van der Waals surface area (Å²) >= 11 is 0. The van der Waals surface area contributed by atoms with Crippen LogP contribution >= 0.6 is 8.38 Å². The predicted molar refractivity (Wildman–Crippen MR) is 88.0 cm³/mol. The standard InChI is InChI=1S/C16H22NO2P/c1-5-8-9-16(17-4)14-10-12-15(13-11-14)20(18-6-2)19-7-3/h5,8-13H,1,6-7H2,2-4H3/b9-8-,17-16+. The first-order valence-corrected chi connectivity index (χ1v) is 7.86. The second-order valence-electron chi connectivity index (χ2n) is 3.84. The maximum Gasteiger partial charge on any atom is 0.205 e. The van der Waals surface area contributed by atoms with E-state index in [1.54, 1.807) is 13.1 Å². The Hall–Kier alpha value is -1.28. The van der Waals surface area contributed by atoms with Crippen LogP contribution < -0.4 is 5.30 Å². The Labute approximate surface area is 122 Å². The molecule has 4 heteroatoms. The number of hydrogen-bond donors (Lipinski definition) is 0. The van der Waals surface area contributed by atoms with Crippen molar-refractivity contribution in [1.82, 2.24) is 0 Å². The van der Waals surface area contributed by atoms with E-state index in [4.69, 9.17) is 9.05 Å². The fraction of sp³-hybridized carbons (Fsp3) is 0.312. The molecule has 0 saturated carbocycles. The van der Waals surface area contributed by atoms with Crippen LogP contribution in [0.4, 0.5) is 0 Å². The summed E-state index contributed by atoms with van der Waals surface area (Å²) in [7, 11) is 0.805. The Bertz CT molecular complexity index is 460. The smallest absolute Gasteiger partial charge is 0.205 e. The van der Waals surface area contributed by atoms with E-state index in [1.807, 2.05) is 50.3 Å². The van der Waals surface area contributed by atoms with Gasteiger partial charge in [0.05, 0.1) is 18.9 Å². The quantitative estimate of drug-likeness (QED) is 0.414. The van der Waals surface area contributed by atoms with Crippen LogP contribution in [0.3, 0.4) is 0 Å². The van der Waals surface area contributed by atoms with Gasteiger partial charge in [-0.15, -0.1) is 0 Å². The van der Waals surface area contributed by atoms with E-state index in [0.29, 0.717) is 13.2 Å². The summed E-state index contributed by atoms with van der Waals surface area (Å²) < 4.78 is 11.3. The molecule has 0 radical (unpaired) electrons. The van der Waals surface area contributed by atoms with Gasteiger partial charge < -0.3 is 9.05 Å². The second-order valence-corrected chi connectivity index (χ2v) is 5.39. The summed E-state index contributed by atoms with van der Waals surface area (Å²) in [5.41, 5.74) is 1.99. The third-order valence-corrected chi connectivity index (χ3v) is 4.20. The lowest BCUT2D eigenvalue weighted by atomic mass is 10.1. The summed E-state index contributed by atoms with van der Waals surface area (Å²) in [4.78, 5) is 4.27. The van der Waals surface area contributed by atoms with E-state index in [-0.39, 0.29) is 0 Å². The summed E-state index contributed by atoms with van der Waals surface area (Å²) in [5, 5.41) is 1.08. The van der Waals surface area contributed by atoms with Crippen LogP contribution in [0.2, 0.25) is 0 Å². The normalized spacial score (nSPS) is 12.3. The molecule has 0 N–H and O–H groups in total. The van der Waals surface area contributed by atoms with E-state index in [9.17, 15) is 0 Å². The number of rotatable bonds is 8. The number of allylic oxidation sites excluding steroid dienone is 3. The van der Waals surface area contributed by atoms with Crippen LogP contribution in [0.25, 0.3) is 0 Å². The topological polar surface area (TPSA) is 30.8 Å². The molecule has 0 amide bonds. The molecule has 0 unspecified atom stereocenters. The highest BCUT2D eigenvalue weighted by atomic mass is 31.2. The highest BCUT2D eigenvalue weighted by Crippen LogP contribution is 2.36. The van der Waals surface area contributed by atoms with E-state index in [2.05, 4.69) is 11.6 Å². The fourth-order valence-electron chi connectivity index (χ4n) is 1.63. The maximum atomic E-state index is 5.65. The van der Waals surface area contributed by atoms with Crippen LogP contribution in [0.15, 0.2) is 54.1 Å². The molecule has 0 aliphatic carbocycles. The van der Waals surface area contributed by atoms with Crippen LogP contribution in [0, 0.1) is 0 Å². The van der Waals surface area contributed by atoms with Crippen molar-refractivity contribution < 1.29 is 9.05 Å². The van der Waals surface area contributed by atoms with Gasteiger partial charge in [-0.3, -0.25) is 4.99 Å². The van der Waals surface area contributed by atoms with Crippen molar-refractivity contribution in [1.29, 1.82) is 0 Å². The first-order chi connectivity index (χ1) is 9.76. The largest absolute Gasteiger partial charge is 0.331 e. The van der Waals surface area contributed by atoms with Crippen molar-refractivity contribution in [2.45, 2.75) is 13.8 Å². The van der Waals surface area contributed by atoms with Gasteiger partial charge in [0.1, 0.15) is 0 Å². The lowest BCUT2D eigenvalue weighted by Crippen LogP contribution is -2.07. The molecule has 0 saturated heterocycles. The highest BCUT2D eigenvalue weighted by Gasteiger charge is 2.12. The molecule has 20 heavy (non-hydrogen) atoms. The monoisotopic (exact) mass is 291 g/mol. The Morgan fingerprint density at radius 2 is 1.80 bits per heavy atom. The molecule has 1 rings (SSSR count). The van der Waals surface area contributed by atoms with Gasteiger partial charge in [-0.05, 0) is 37.6 Å². The maximum absolute atomic E-state index is 5.65. The van der Waals surface area contributed by atoms with Gasteiger partial charge >= 0.3 is 0 Å². The van der Waals surface area contributed by atoms with Crippen molar-refractivity contribution in [3.8, 4) is 0 Å². The lowest BCUT2D eigenvalue weighted by Gasteiger charge is -2.16. The molecule has 0 heterocycles. The average molecular weight is 291 g/mol. The molecular formula is C16H22NO2P. The van der Waals surface area contributed by atoms with Gasteiger partial charge in [0.15, 0.2) is 0 Å². The Morgan fingerprint density at radius 1 is 1.20 bits per heavy atom. The molecule has 0 fully saturated rings. The first-order valence-electron chi connectivity index (χ1n) is 6.69. The van der Waals surface area contributed by atoms with Gasteiger partial charge in [0, 0.05) is 12.4 Å². The van der Waals surface area contributed by atoms with Crippen molar-refractivity contribution >= 4 is 19.4 Å². The van der Waals surface area contributed by atoms with E-state index in [0.717, 1.165) is 16.6 Å². The number of aliphatic imine (C=N–C) groups is 1. The van der Waals surface area contributed by atoms with E-state index in [1.165, 1.54) is 0 Å². The third kappa shape index (κ3) is 5.01. The van der Waals surface area contributed by atoms with E-state index < -0.39 is 8.38 Å².